The Bertz CT molecular complexity index is 1220. The van der Waals surface area contributed by atoms with Crippen LogP contribution in [-0.2, 0) is 11.3 Å². The molecule has 0 aliphatic rings. The Balaban J connectivity index is 1.56. The second-order valence-corrected chi connectivity index (χ2v) is 10.6. The zero-order valence-corrected chi connectivity index (χ0v) is 23.6. The quantitative estimate of drug-likeness (QED) is 0.253. The van der Waals surface area contributed by atoms with Gasteiger partial charge in [-0.25, -0.2) is 0 Å². The smallest absolute Gasteiger partial charge is 0.251 e. The van der Waals surface area contributed by atoms with Gasteiger partial charge in [-0.3, -0.25) is 9.59 Å². The SMILES string of the molecule is CC(C)NCC[C@H](NCCNC(=O)c1ccc2cc(Cl)ccc2c1)C(=O)N(C)Cc1cc(Cl)cc(Cl)c1. The predicted octanol–water partition coefficient (Wildman–Crippen LogP) is 5.53. The molecule has 2 amide bonds. The van der Waals surface area contributed by atoms with Gasteiger partial charge in [0.25, 0.3) is 5.91 Å². The second-order valence-electron chi connectivity index (χ2n) is 9.34. The molecular formula is C28H33Cl3N4O2. The van der Waals surface area contributed by atoms with E-state index in [4.69, 9.17) is 34.8 Å². The lowest BCUT2D eigenvalue weighted by Crippen LogP contribution is -2.48. The lowest BCUT2D eigenvalue weighted by Gasteiger charge is -2.25. The summed E-state index contributed by atoms with van der Waals surface area (Å²) >= 11 is 18.3. The first-order chi connectivity index (χ1) is 17.6. The maximum atomic E-state index is 13.3. The number of carbonyl (C=O) groups is 2. The fraction of sp³-hybridized carbons (Fsp3) is 0.357. The van der Waals surface area contributed by atoms with Crippen molar-refractivity contribution in [1.29, 1.82) is 0 Å². The average Bonchev–Trinajstić information content (AvgIpc) is 2.83. The van der Waals surface area contributed by atoms with Crippen LogP contribution in [-0.4, -0.2) is 55.5 Å². The number of carbonyl (C=O) groups excluding carboxylic acids is 2. The van der Waals surface area contributed by atoms with Gasteiger partial charge in [0.05, 0.1) is 6.04 Å². The number of rotatable bonds is 12. The molecule has 0 aliphatic carbocycles. The van der Waals surface area contributed by atoms with Gasteiger partial charge in [0.2, 0.25) is 5.91 Å². The van der Waals surface area contributed by atoms with Gasteiger partial charge in [0, 0.05) is 53.4 Å². The van der Waals surface area contributed by atoms with Crippen molar-refractivity contribution in [1.82, 2.24) is 20.9 Å². The van der Waals surface area contributed by atoms with Gasteiger partial charge in [-0.1, -0.05) is 60.8 Å². The molecule has 0 spiro atoms. The van der Waals surface area contributed by atoms with E-state index in [1.165, 1.54) is 0 Å². The fourth-order valence-electron chi connectivity index (χ4n) is 4.03. The van der Waals surface area contributed by atoms with E-state index in [9.17, 15) is 9.59 Å². The largest absolute Gasteiger partial charge is 0.351 e. The Morgan fingerprint density at radius 3 is 2.19 bits per heavy atom. The molecule has 0 aromatic heterocycles. The molecule has 3 N–H and O–H groups in total. The number of nitrogens with zero attached hydrogens (tertiary/aromatic N) is 1. The van der Waals surface area contributed by atoms with Gasteiger partial charge in [-0.15, -0.1) is 0 Å². The van der Waals surface area contributed by atoms with Crippen LogP contribution in [0.1, 0.15) is 36.2 Å². The number of likely N-dealkylation sites (N-methyl/N-ethyl adjacent to an activating group) is 1. The number of nitrogens with one attached hydrogen (secondary N) is 3. The van der Waals surface area contributed by atoms with Crippen molar-refractivity contribution in [2.24, 2.45) is 0 Å². The summed E-state index contributed by atoms with van der Waals surface area (Å²) in [7, 11) is 1.76. The zero-order valence-electron chi connectivity index (χ0n) is 21.3. The van der Waals surface area contributed by atoms with E-state index in [-0.39, 0.29) is 11.8 Å². The van der Waals surface area contributed by atoms with Gasteiger partial charge in [-0.2, -0.15) is 0 Å². The van der Waals surface area contributed by atoms with Crippen LogP contribution in [0.5, 0.6) is 0 Å². The molecule has 0 heterocycles. The molecule has 0 saturated heterocycles. The van der Waals surface area contributed by atoms with Gasteiger partial charge in [0.15, 0.2) is 0 Å². The standard InChI is InChI=1S/C28H33Cl3N4O2/c1-18(2)32-9-8-26(28(37)35(3)17-19-12-24(30)16-25(31)13-19)33-10-11-34-27(36)22-5-4-21-15-23(29)7-6-20(21)14-22/h4-7,12-16,18,26,32-33H,8-11,17H2,1-3H3,(H,34,36)/t26-/m0/s1. The molecule has 0 fully saturated rings. The van der Waals surface area contributed by atoms with Crippen LogP contribution in [0.25, 0.3) is 10.8 Å². The van der Waals surface area contributed by atoms with Crippen molar-refractivity contribution in [3.05, 3.63) is 80.8 Å². The molecule has 1 atom stereocenters. The number of benzene rings is 3. The number of fused-ring (bicyclic) bond motifs is 1. The third-order valence-corrected chi connectivity index (χ3v) is 6.54. The highest BCUT2D eigenvalue weighted by molar-refractivity contribution is 6.34. The topological polar surface area (TPSA) is 73.5 Å². The number of hydrogen-bond donors (Lipinski definition) is 3. The second kappa shape index (κ2) is 14.0. The summed E-state index contributed by atoms with van der Waals surface area (Å²) < 4.78 is 0. The Labute approximate surface area is 233 Å². The highest BCUT2D eigenvalue weighted by Gasteiger charge is 2.22. The van der Waals surface area contributed by atoms with Crippen molar-refractivity contribution >= 4 is 57.4 Å². The van der Waals surface area contributed by atoms with Crippen molar-refractivity contribution in [3.8, 4) is 0 Å². The van der Waals surface area contributed by atoms with E-state index >= 15 is 0 Å². The van der Waals surface area contributed by atoms with Crippen LogP contribution in [0.4, 0.5) is 0 Å². The molecule has 3 aromatic carbocycles. The summed E-state index contributed by atoms with van der Waals surface area (Å²) in [5, 5.41) is 13.2. The fourth-order valence-corrected chi connectivity index (χ4v) is 4.78. The van der Waals surface area contributed by atoms with E-state index in [1.807, 2.05) is 24.3 Å². The minimum Gasteiger partial charge on any atom is -0.351 e. The molecule has 0 unspecified atom stereocenters. The Morgan fingerprint density at radius 2 is 1.49 bits per heavy atom. The molecule has 0 bridgehead atoms. The van der Waals surface area contributed by atoms with Crippen molar-refractivity contribution in [2.45, 2.75) is 38.9 Å². The van der Waals surface area contributed by atoms with E-state index in [2.05, 4.69) is 29.8 Å². The molecule has 9 heteroatoms. The molecule has 198 valence electrons. The van der Waals surface area contributed by atoms with Gasteiger partial charge in [0.1, 0.15) is 0 Å². The van der Waals surface area contributed by atoms with Gasteiger partial charge >= 0.3 is 0 Å². The van der Waals surface area contributed by atoms with E-state index < -0.39 is 6.04 Å². The van der Waals surface area contributed by atoms with Gasteiger partial charge in [-0.05, 0) is 71.8 Å². The first-order valence-corrected chi connectivity index (χ1v) is 13.4. The Hall–Kier alpha value is -2.35. The highest BCUT2D eigenvalue weighted by atomic mass is 35.5. The number of amides is 2. The first kappa shape index (κ1) is 29.2. The minimum atomic E-state index is -0.409. The van der Waals surface area contributed by atoms with Crippen molar-refractivity contribution < 1.29 is 9.59 Å². The zero-order chi connectivity index (χ0) is 26.9. The maximum absolute atomic E-state index is 13.3. The Morgan fingerprint density at radius 1 is 0.811 bits per heavy atom. The molecule has 3 rings (SSSR count). The molecule has 3 aromatic rings. The highest BCUT2D eigenvalue weighted by Crippen LogP contribution is 2.21. The number of halogens is 3. The first-order valence-electron chi connectivity index (χ1n) is 12.3. The monoisotopic (exact) mass is 562 g/mol. The summed E-state index contributed by atoms with van der Waals surface area (Å²) in [5.74, 6) is -0.209. The van der Waals surface area contributed by atoms with Crippen LogP contribution in [0.3, 0.4) is 0 Å². The Kier molecular flexibility index (Phi) is 11.0. The van der Waals surface area contributed by atoms with E-state index in [1.54, 1.807) is 42.3 Å². The third kappa shape index (κ3) is 9.16. The summed E-state index contributed by atoms with van der Waals surface area (Å²) in [4.78, 5) is 27.6. The number of hydrogen-bond acceptors (Lipinski definition) is 4. The summed E-state index contributed by atoms with van der Waals surface area (Å²) in [5.41, 5.74) is 1.43. The normalized spacial score (nSPS) is 12.1. The van der Waals surface area contributed by atoms with Crippen LogP contribution in [0.2, 0.25) is 15.1 Å². The summed E-state index contributed by atoms with van der Waals surface area (Å²) in [6.45, 7) is 6.03. The summed E-state index contributed by atoms with van der Waals surface area (Å²) in [6, 6.07) is 16.3. The van der Waals surface area contributed by atoms with Crippen molar-refractivity contribution in [2.75, 3.05) is 26.7 Å². The third-order valence-electron chi connectivity index (χ3n) is 5.87. The molecule has 6 nitrogen and oxygen atoms in total. The summed E-state index contributed by atoms with van der Waals surface area (Å²) in [6.07, 6.45) is 0.610. The lowest BCUT2D eigenvalue weighted by molar-refractivity contribution is -0.132. The minimum absolute atomic E-state index is 0.0406. The maximum Gasteiger partial charge on any atom is 0.251 e. The molecular weight excluding hydrogens is 531 g/mol. The van der Waals surface area contributed by atoms with Crippen LogP contribution in [0, 0.1) is 0 Å². The lowest BCUT2D eigenvalue weighted by atomic mass is 10.1. The molecule has 0 saturated carbocycles. The van der Waals surface area contributed by atoms with E-state index in [0.29, 0.717) is 59.3 Å². The average molecular weight is 564 g/mol. The van der Waals surface area contributed by atoms with Crippen LogP contribution >= 0.6 is 34.8 Å². The van der Waals surface area contributed by atoms with Crippen LogP contribution < -0.4 is 16.0 Å². The molecule has 0 radical (unpaired) electrons. The van der Waals surface area contributed by atoms with Gasteiger partial charge < -0.3 is 20.9 Å². The van der Waals surface area contributed by atoms with Crippen LogP contribution in [0.15, 0.2) is 54.6 Å². The molecule has 0 aliphatic heterocycles. The molecule has 37 heavy (non-hydrogen) atoms. The van der Waals surface area contributed by atoms with Crippen molar-refractivity contribution in [3.63, 3.8) is 0 Å². The predicted molar refractivity (Wildman–Crippen MR) is 154 cm³/mol. The van der Waals surface area contributed by atoms with E-state index in [0.717, 1.165) is 16.3 Å².